The number of hydrogen-bond donors (Lipinski definition) is 3. The number of anilines is 1. The lowest BCUT2D eigenvalue weighted by Gasteiger charge is -2.49. The van der Waals surface area contributed by atoms with Gasteiger partial charge in [0.15, 0.2) is 10.8 Å². The van der Waals surface area contributed by atoms with Crippen LogP contribution in [-0.4, -0.2) is 80.2 Å². The minimum atomic E-state index is -1.24. The van der Waals surface area contributed by atoms with Crippen LogP contribution in [0.15, 0.2) is 16.4 Å². The van der Waals surface area contributed by atoms with Crippen molar-refractivity contribution in [1.82, 2.24) is 15.2 Å². The molecule has 194 valence electrons. The standard InChI is InChI=1S/C20H22ClN5O8S2/c1-8-6-35-17-12(16(30)26(17)13(8)18(31)32)23-15(29)11(10-14(21)36-19(24-10)22-7-27)25-33-5-9(28)34-20(2,3)4/h7,12,17H,5-6H2,1-4H3,(H,23,29)(H,31,32)(H,22,24,27)/t12?,17-/m1/s1. The Balaban J connectivity index is 1.82. The van der Waals surface area contributed by atoms with Gasteiger partial charge >= 0.3 is 11.9 Å². The van der Waals surface area contributed by atoms with Gasteiger partial charge in [0.25, 0.3) is 11.8 Å². The highest BCUT2D eigenvalue weighted by Gasteiger charge is 2.54. The van der Waals surface area contributed by atoms with Crippen molar-refractivity contribution in [1.29, 1.82) is 0 Å². The van der Waals surface area contributed by atoms with E-state index >= 15 is 0 Å². The minimum absolute atomic E-state index is 0.0190. The lowest BCUT2D eigenvalue weighted by molar-refractivity contribution is -0.160. The number of nitrogens with zero attached hydrogens (tertiary/aromatic N) is 3. The molecule has 1 unspecified atom stereocenters. The highest BCUT2D eigenvalue weighted by molar-refractivity contribution is 8.00. The lowest BCUT2D eigenvalue weighted by atomic mass is 10.0. The molecule has 1 saturated heterocycles. The molecule has 13 nitrogen and oxygen atoms in total. The summed E-state index contributed by atoms with van der Waals surface area (Å²) in [7, 11) is 0. The zero-order valence-electron chi connectivity index (χ0n) is 19.5. The molecule has 2 aliphatic heterocycles. The fraction of sp³-hybridized carbons (Fsp3) is 0.450. The minimum Gasteiger partial charge on any atom is -0.477 e. The van der Waals surface area contributed by atoms with E-state index in [9.17, 15) is 29.1 Å². The number of carbonyl (C=O) groups is 5. The summed E-state index contributed by atoms with van der Waals surface area (Å²) >= 11 is 8.32. The molecule has 0 aliphatic carbocycles. The number of fused-ring (bicyclic) bond motifs is 1. The number of thioether (sulfide) groups is 1. The number of esters is 1. The Labute approximate surface area is 218 Å². The van der Waals surface area contributed by atoms with Gasteiger partial charge in [0.05, 0.1) is 0 Å². The number of ether oxygens (including phenoxy) is 1. The molecule has 3 amide bonds. The van der Waals surface area contributed by atoms with E-state index in [0.717, 1.165) is 16.2 Å². The molecule has 3 heterocycles. The van der Waals surface area contributed by atoms with Crippen molar-refractivity contribution in [2.24, 2.45) is 5.16 Å². The zero-order chi connectivity index (χ0) is 26.8. The molecule has 0 radical (unpaired) electrons. The highest BCUT2D eigenvalue weighted by atomic mass is 35.5. The van der Waals surface area contributed by atoms with Gasteiger partial charge in [-0.15, -0.1) is 11.8 Å². The molecule has 0 aromatic carbocycles. The second-order valence-electron chi connectivity index (χ2n) is 8.50. The normalized spacial score (nSPS) is 19.8. The van der Waals surface area contributed by atoms with Crippen LogP contribution < -0.4 is 10.6 Å². The summed E-state index contributed by atoms with van der Waals surface area (Å²) in [5, 5.41) is 17.4. The van der Waals surface area contributed by atoms with E-state index in [2.05, 4.69) is 20.8 Å². The molecule has 2 aliphatic rings. The maximum Gasteiger partial charge on any atom is 0.352 e. The number of carboxylic acids is 1. The zero-order valence-corrected chi connectivity index (χ0v) is 21.9. The third kappa shape index (κ3) is 5.96. The fourth-order valence-corrected chi connectivity index (χ4v) is 5.55. The molecule has 3 rings (SSSR count). The number of nitrogens with one attached hydrogen (secondary N) is 2. The number of oxime groups is 1. The summed E-state index contributed by atoms with van der Waals surface area (Å²) in [6, 6.07) is -1.05. The van der Waals surface area contributed by atoms with Crippen LogP contribution in [0.4, 0.5) is 5.13 Å². The first-order valence-electron chi connectivity index (χ1n) is 10.3. The molecule has 2 atom stereocenters. The molecule has 1 aromatic heterocycles. The Kier molecular flexibility index (Phi) is 8.26. The van der Waals surface area contributed by atoms with Crippen LogP contribution in [-0.2, 0) is 33.5 Å². The quantitative estimate of drug-likeness (QED) is 0.131. The van der Waals surface area contributed by atoms with Crippen molar-refractivity contribution in [2.45, 2.75) is 44.7 Å². The Morgan fingerprint density at radius 2 is 2.06 bits per heavy atom. The fourth-order valence-electron chi connectivity index (χ4n) is 3.26. The van der Waals surface area contributed by atoms with E-state index in [0.29, 0.717) is 17.7 Å². The summed E-state index contributed by atoms with van der Waals surface area (Å²) in [5.74, 6) is -3.14. The number of aromatic nitrogens is 1. The van der Waals surface area contributed by atoms with Gasteiger partial charge in [-0.2, -0.15) is 0 Å². The molecule has 1 aromatic rings. The number of amides is 3. The Bertz CT molecular complexity index is 1180. The first kappa shape index (κ1) is 27.4. The second-order valence-corrected chi connectivity index (χ2v) is 11.2. The number of hydrogen-bond acceptors (Lipinski definition) is 11. The van der Waals surface area contributed by atoms with Crippen molar-refractivity contribution in [2.75, 3.05) is 17.7 Å². The molecular formula is C20H22ClN5O8S2. The number of aliphatic carboxylic acids is 1. The second kappa shape index (κ2) is 10.8. The third-order valence-electron chi connectivity index (χ3n) is 4.61. The van der Waals surface area contributed by atoms with Crippen molar-refractivity contribution in [3.05, 3.63) is 21.3 Å². The summed E-state index contributed by atoms with van der Waals surface area (Å²) in [6.45, 7) is 5.98. The molecule has 3 N–H and O–H groups in total. The van der Waals surface area contributed by atoms with E-state index in [4.69, 9.17) is 21.2 Å². The van der Waals surface area contributed by atoms with Crippen LogP contribution in [0.3, 0.4) is 0 Å². The van der Waals surface area contributed by atoms with Gasteiger partial charge < -0.3 is 25.3 Å². The Hall–Kier alpha value is -3.17. The molecular weight excluding hydrogens is 538 g/mol. The van der Waals surface area contributed by atoms with Crippen LogP contribution in [0.5, 0.6) is 0 Å². The predicted octanol–water partition coefficient (Wildman–Crippen LogP) is 1.19. The van der Waals surface area contributed by atoms with Gasteiger partial charge in [0.1, 0.15) is 32.7 Å². The molecule has 0 bridgehead atoms. The average molecular weight is 560 g/mol. The number of β-lactam (4-membered cyclic amide) rings is 1. The molecule has 1 fully saturated rings. The van der Waals surface area contributed by atoms with E-state index in [-0.39, 0.29) is 20.9 Å². The van der Waals surface area contributed by atoms with E-state index < -0.39 is 53.1 Å². The third-order valence-corrected chi connectivity index (χ3v) is 7.22. The highest BCUT2D eigenvalue weighted by Crippen LogP contribution is 2.40. The topological polar surface area (TPSA) is 177 Å². The Morgan fingerprint density at radius 3 is 2.67 bits per heavy atom. The number of carboxylic acid groups (broad SMARTS) is 1. The van der Waals surface area contributed by atoms with E-state index in [1.54, 1.807) is 27.7 Å². The summed E-state index contributed by atoms with van der Waals surface area (Å²) in [4.78, 5) is 70.3. The van der Waals surface area contributed by atoms with Crippen molar-refractivity contribution in [3.8, 4) is 0 Å². The maximum absolute atomic E-state index is 13.1. The number of thiazole rings is 1. The van der Waals surface area contributed by atoms with Crippen LogP contribution in [0.1, 0.15) is 33.4 Å². The van der Waals surface area contributed by atoms with Crippen molar-refractivity contribution in [3.63, 3.8) is 0 Å². The van der Waals surface area contributed by atoms with Crippen LogP contribution in [0, 0.1) is 0 Å². The van der Waals surface area contributed by atoms with Gasteiger partial charge in [-0.3, -0.25) is 19.3 Å². The first-order chi connectivity index (χ1) is 16.8. The smallest absolute Gasteiger partial charge is 0.352 e. The average Bonchev–Trinajstić information content (AvgIpc) is 3.13. The van der Waals surface area contributed by atoms with Crippen LogP contribution >= 0.6 is 34.7 Å². The lowest BCUT2D eigenvalue weighted by Crippen LogP contribution is -2.71. The van der Waals surface area contributed by atoms with Crippen LogP contribution in [0.25, 0.3) is 0 Å². The van der Waals surface area contributed by atoms with Gasteiger partial charge in [-0.05, 0) is 33.3 Å². The molecule has 36 heavy (non-hydrogen) atoms. The summed E-state index contributed by atoms with van der Waals surface area (Å²) < 4.78 is 5.10. The molecule has 0 saturated carbocycles. The Morgan fingerprint density at radius 1 is 1.36 bits per heavy atom. The largest absolute Gasteiger partial charge is 0.477 e. The number of rotatable bonds is 9. The van der Waals surface area contributed by atoms with E-state index in [1.807, 2.05) is 0 Å². The van der Waals surface area contributed by atoms with Gasteiger partial charge in [0.2, 0.25) is 13.0 Å². The predicted molar refractivity (Wildman–Crippen MR) is 131 cm³/mol. The SMILES string of the molecule is CC1=C(C(=O)O)N2C(=O)C(NC(=O)C(=NOCC(=O)OC(C)(C)C)c3nc(NC=O)sc3Cl)[C@H]2SC1. The van der Waals surface area contributed by atoms with Gasteiger partial charge in [-0.1, -0.05) is 28.1 Å². The summed E-state index contributed by atoms with van der Waals surface area (Å²) in [6.07, 6.45) is 0.367. The number of carbonyl (C=O) groups excluding carboxylic acids is 4. The molecule has 16 heteroatoms. The van der Waals surface area contributed by atoms with E-state index in [1.165, 1.54) is 11.8 Å². The van der Waals surface area contributed by atoms with Crippen LogP contribution in [0.2, 0.25) is 4.34 Å². The maximum atomic E-state index is 13.1. The van der Waals surface area contributed by atoms with Gasteiger partial charge in [0, 0.05) is 5.75 Å². The first-order valence-corrected chi connectivity index (χ1v) is 12.6. The van der Waals surface area contributed by atoms with Gasteiger partial charge in [-0.25, -0.2) is 14.6 Å². The number of halogens is 1. The summed E-state index contributed by atoms with van der Waals surface area (Å²) in [5.41, 5.74) is -0.973. The monoisotopic (exact) mass is 559 g/mol. The van der Waals surface area contributed by atoms with Crippen molar-refractivity contribution < 1.29 is 38.7 Å². The molecule has 0 spiro atoms. The van der Waals surface area contributed by atoms with Crippen molar-refractivity contribution >= 4 is 75.7 Å².